The molecule has 1 aliphatic heterocycles. The van der Waals surface area contributed by atoms with Crippen molar-refractivity contribution in [2.45, 2.75) is 63.6 Å². The highest BCUT2D eigenvalue weighted by Gasteiger charge is 2.35. The van der Waals surface area contributed by atoms with Crippen molar-refractivity contribution in [1.82, 2.24) is 10.2 Å². The van der Waals surface area contributed by atoms with Crippen LogP contribution in [0.2, 0.25) is 0 Å². The minimum atomic E-state index is -0.425. The highest BCUT2D eigenvalue weighted by molar-refractivity contribution is 5.87. The van der Waals surface area contributed by atoms with Crippen LogP contribution in [0.1, 0.15) is 45.4 Å². The van der Waals surface area contributed by atoms with E-state index in [0.29, 0.717) is 6.04 Å². The molecule has 1 N–H and O–H groups in total. The summed E-state index contributed by atoms with van der Waals surface area (Å²) in [5, 5.41) is 3.26. The Morgan fingerprint density at radius 2 is 2.05 bits per heavy atom. The lowest BCUT2D eigenvalue weighted by atomic mass is 10.1. The van der Waals surface area contributed by atoms with Gasteiger partial charge < -0.3 is 15.0 Å². The highest BCUT2D eigenvalue weighted by Crippen LogP contribution is 2.26. The fourth-order valence-electron chi connectivity index (χ4n) is 3.12. The van der Waals surface area contributed by atoms with Gasteiger partial charge in [0.25, 0.3) is 0 Å². The lowest BCUT2D eigenvalue weighted by molar-refractivity contribution is -0.145. The van der Waals surface area contributed by atoms with E-state index in [9.17, 15) is 9.59 Å². The van der Waals surface area contributed by atoms with Crippen molar-refractivity contribution < 1.29 is 14.3 Å². The van der Waals surface area contributed by atoms with Gasteiger partial charge in [-0.1, -0.05) is 12.8 Å². The SMILES string of the molecule is COC(=O)CC1NC(C)CCN(C2CCCC2)C1=O. The Balaban J connectivity index is 2.07. The molecule has 1 aliphatic carbocycles. The van der Waals surface area contributed by atoms with Gasteiger partial charge in [-0.15, -0.1) is 0 Å². The molecule has 2 aliphatic rings. The number of nitrogens with zero attached hydrogens (tertiary/aromatic N) is 1. The normalized spacial score (nSPS) is 29.4. The van der Waals surface area contributed by atoms with Gasteiger partial charge in [0.1, 0.15) is 0 Å². The first-order valence-corrected chi connectivity index (χ1v) is 7.25. The molecule has 0 aromatic heterocycles. The Morgan fingerprint density at radius 1 is 1.37 bits per heavy atom. The molecule has 0 radical (unpaired) electrons. The summed E-state index contributed by atoms with van der Waals surface area (Å²) >= 11 is 0. The molecule has 1 amide bonds. The van der Waals surface area contributed by atoms with E-state index >= 15 is 0 Å². The number of methoxy groups -OCH3 is 1. The van der Waals surface area contributed by atoms with Gasteiger partial charge >= 0.3 is 5.97 Å². The summed E-state index contributed by atoms with van der Waals surface area (Å²) in [6.07, 6.45) is 5.69. The van der Waals surface area contributed by atoms with Gasteiger partial charge in [0.15, 0.2) is 0 Å². The topological polar surface area (TPSA) is 58.6 Å². The molecule has 0 aromatic carbocycles. The van der Waals surface area contributed by atoms with E-state index in [1.54, 1.807) is 0 Å². The third kappa shape index (κ3) is 3.47. The van der Waals surface area contributed by atoms with Gasteiger partial charge in [0.05, 0.1) is 19.6 Å². The van der Waals surface area contributed by atoms with Gasteiger partial charge in [-0.2, -0.15) is 0 Å². The van der Waals surface area contributed by atoms with Crippen LogP contribution in [0.15, 0.2) is 0 Å². The summed E-state index contributed by atoms with van der Waals surface area (Å²) in [5.74, 6) is -0.257. The maximum Gasteiger partial charge on any atom is 0.307 e. The van der Waals surface area contributed by atoms with Crippen LogP contribution < -0.4 is 5.32 Å². The zero-order valence-electron chi connectivity index (χ0n) is 11.9. The van der Waals surface area contributed by atoms with Crippen molar-refractivity contribution in [3.8, 4) is 0 Å². The van der Waals surface area contributed by atoms with Crippen LogP contribution in [0.4, 0.5) is 0 Å². The molecule has 5 nitrogen and oxygen atoms in total. The third-order valence-corrected chi connectivity index (χ3v) is 4.23. The summed E-state index contributed by atoms with van der Waals surface area (Å²) in [7, 11) is 1.36. The molecule has 0 aromatic rings. The Morgan fingerprint density at radius 3 is 2.68 bits per heavy atom. The van der Waals surface area contributed by atoms with Crippen LogP contribution >= 0.6 is 0 Å². The maximum absolute atomic E-state index is 12.6. The first-order chi connectivity index (χ1) is 9.11. The van der Waals surface area contributed by atoms with Crippen LogP contribution in [0, 0.1) is 0 Å². The van der Waals surface area contributed by atoms with Crippen LogP contribution in [0.3, 0.4) is 0 Å². The second-order valence-corrected chi connectivity index (χ2v) is 5.66. The first-order valence-electron chi connectivity index (χ1n) is 7.25. The predicted molar refractivity (Wildman–Crippen MR) is 71.6 cm³/mol. The number of carbonyl (C=O) groups excluding carboxylic acids is 2. The average molecular weight is 268 g/mol. The average Bonchev–Trinajstić information content (AvgIpc) is 2.87. The van der Waals surface area contributed by atoms with E-state index in [4.69, 9.17) is 0 Å². The van der Waals surface area contributed by atoms with Crippen LogP contribution in [-0.2, 0) is 14.3 Å². The molecule has 2 fully saturated rings. The fraction of sp³-hybridized carbons (Fsp3) is 0.857. The van der Waals surface area contributed by atoms with Crippen molar-refractivity contribution in [1.29, 1.82) is 0 Å². The minimum Gasteiger partial charge on any atom is -0.469 e. The molecule has 2 rings (SSSR count). The number of hydrogen-bond acceptors (Lipinski definition) is 4. The van der Waals surface area contributed by atoms with Gasteiger partial charge in [-0.3, -0.25) is 9.59 Å². The van der Waals surface area contributed by atoms with Crippen molar-refractivity contribution >= 4 is 11.9 Å². The fourth-order valence-corrected chi connectivity index (χ4v) is 3.12. The monoisotopic (exact) mass is 268 g/mol. The molecule has 108 valence electrons. The minimum absolute atomic E-state index is 0.0710. The lowest BCUT2D eigenvalue weighted by Crippen LogP contribution is -2.49. The summed E-state index contributed by atoms with van der Waals surface area (Å²) in [6, 6.07) is 0.204. The highest BCUT2D eigenvalue weighted by atomic mass is 16.5. The number of esters is 1. The summed E-state index contributed by atoms with van der Waals surface area (Å²) in [5.41, 5.74) is 0. The van der Waals surface area contributed by atoms with Gasteiger partial charge in [-0.05, 0) is 26.2 Å². The number of nitrogens with one attached hydrogen (secondary N) is 1. The van der Waals surface area contributed by atoms with E-state index in [-0.39, 0.29) is 24.3 Å². The molecule has 2 unspecified atom stereocenters. The standard InChI is InChI=1S/C14H24N2O3/c1-10-7-8-16(11-5-3-4-6-11)14(18)12(15-10)9-13(17)19-2/h10-12,15H,3-9H2,1-2H3. The Bertz CT molecular complexity index is 340. The van der Waals surface area contributed by atoms with Gasteiger partial charge in [-0.25, -0.2) is 0 Å². The number of carbonyl (C=O) groups is 2. The van der Waals surface area contributed by atoms with E-state index in [1.165, 1.54) is 20.0 Å². The molecule has 0 spiro atoms. The van der Waals surface area contributed by atoms with E-state index in [0.717, 1.165) is 25.8 Å². The van der Waals surface area contributed by atoms with E-state index < -0.39 is 6.04 Å². The summed E-state index contributed by atoms with van der Waals surface area (Å²) in [6.45, 7) is 2.87. The van der Waals surface area contributed by atoms with Crippen molar-refractivity contribution in [3.63, 3.8) is 0 Å². The van der Waals surface area contributed by atoms with Gasteiger partial charge in [0.2, 0.25) is 5.91 Å². The number of rotatable bonds is 3. The predicted octanol–water partition coefficient (Wildman–Crippen LogP) is 1.07. The molecule has 0 bridgehead atoms. The largest absolute Gasteiger partial charge is 0.469 e. The number of amides is 1. The Kier molecular flexibility index (Phi) is 4.80. The Hall–Kier alpha value is -1.10. The Labute approximate surface area is 114 Å². The second-order valence-electron chi connectivity index (χ2n) is 5.66. The molecule has 1 saturated carbocycles. The third-order valence-electron chi connectivity index (χ3n) is 4.23. The second kappa shape index (κ2) is 6.37. The van der Waals surface area contributed by atoms with E-state index in [1.807, 2.05) is 4.90 Å². The quantitative estimate of drug-likeness (QED) is 0.778. The molecule has 19 heavy (non-hydrogen) atoms. The molecule has 2 atom stereocenters. The number of ether oxygens (including phenoxy) is 1. The van der Waals surface area contributed by atoms with Crippen LogP contribution in [0.25, 0.3) is 0 Å². The molecule has 1 heterocycles. The van der Waals surface area contributed by atoms with Crippen molar-refractivity contribution in [2.24, 2.45) is 0 Å². The lowest BCUT2D eigenvalue weighted by Gasteiger charge is -2.29. The summed E-state index contributed by atoms with van der Waals surface area (Å²) in [4.78, 5) is 26.0. The maximum atomic E-state index is 12.6. The van der Waals surface area contributed by atoms with Crippen LogP contribution in [-0.4, -0.2) is 48.6 Å². The summed E-state index contributed by atoms with van der Waals surface area (Å²) < 4.78 is 4.69. The zero-order valence-corrected chi connectivity index (χ0v) is 11.9. The molecule has 1 saturated heterocycles. The van der Waals surface area contributed by atoms with Gasteiger partial charge in [0, 0.05) is 18.6 Å². The van der Waals surface area contributed by atoms with E-state index in [2.05, 4.69) is 17.0 Å². The zero-order chi connectivity index (χ0) is 13.8. The smallest absolute Gasteiger partial charge is 0.307 e. The van der Waals surface area contributed by atoms with Crippen molar-refractivity contribution in [2.75, 3.05) is 13.7 Å². The first kappa shape index (κ1) is 14.3. The van der Waals surface area contributed by atoms with Crippen LogP contribution in [0.5, 0.6) is 0 Å². The molecular formula is C14H24N2O3. The van der Waals surface area contributed by atoms with Crippen molar-refractivity contribution in [3.05, 3.63) is 0 Å². The number of hydrogen-bond donors (Lipinski definition) is 1. The molecule has 5 heteroatoms. The molecular weight excluding hydrogens is 244 g/mol.